The second-order valence-electron chi connectivity index (χ2n) is 6.00. The van der Waals surface area contributed by atoms with Gasteiger partial charge >= 0.3 is 0 Å². The Morgan fingerprint density at radius 2 is 1.89 bits per heavy atom. The molecule has 2 aromatic heterocycles. The lowest BCUT2D eigenvalue weighted by atomic mass is 9.96. The van der Waals surface area contributed by atoms with Crippen molar-refractivity contribution in [3.05, 3.63) is 84.0 Å². The summed E-state index contributed by atoms with van der Waals surface area (Å²) < 4.78 is 26.8. The molecule has 0 amide bonds. The van der Waals surface area contributed by atoms with Crippen molar-refractivity contribution < 1.29 is 8.78 Å². The van der Waals surface area contributed by atoms with Gasteiger partial charge in [0.2, 0.25) is 0 Å². The van der Waals surface area contributed by atoms with Crippen molar-refractivity contribution in [2.45, 2.75) is 6.92 Å². The number of nitrogen functional groups attached to an aromatic ring is 1. The van der Waals surface area contributed by atoms with Crippen LogP contribution in [0, 0.1) is 24.0 Å². The van der Waals surface area contributed by atoms with Crippen LogP contribution in [-0.2, 0) is 0 Å². The molecule has 0 saturated carbocycles. The fraction of sp³-hybridized carbons (Fsp3) is 0.0500. The van der Waals surface area contributed by atoms with Crippen LogP contribution in [0.4, 0.5) is 20.3 Å². The molecule has 0 bridgehead atoms. The molecule has 0 fully saturated rings. The van der Waals surface area contributed by atoms with Crippen molar-refractivity contribution >= 4 is 17.2 Å². The van der Waals surface area contributed by atoms with Gasteiger partial charge in [0, 0.05) is 29.6 Å². The van der Waals surface area contributed by atoms with Crippen LogP contribution >= 0.6 is 0 Å². The van der Waals surface area contributed by atoms with Gasteiger partial charge < -0.3 is 11.1 Å². The highest BCUT2D eigenvalue weighted by molar-refractivity contribution is 6.13. The number of hydrogen-bond donors (Lipinski definition) is 3. The van der Waals surface area contributed by atoms with E-state index in [-0.39, 0.29) is 17.2 Å². The van der Waals surface area contributed by atoms with Crippen LogP contribution in [0.15, 0.2) is 61.2 Å². The first-order chi connectivity index (χ1) is 12.8. The van der Waals surface area contributed by atoms with Crippen molar-refractivity contribution in [1.29, 1.82) is 5.41 Å². The molecule has 4 N–H and O–H groups in total. The van der Waals surface area contributed by atoms with Crippen molar-refractivity contribution in [3.63, 3.8) is 0 Å². The third-order valence-electron chi connectivity index (χ3n) is 3.98. The zero-order valence-corrected chi connectivity index (χ0v) is 14.6. The molecule has 0 aliphatic rings. The summed E-state index contributed by atoms with van der Waals surface area (Å²) in [6.45, 7) is 5.64. The fourth-order valence-electron chi connectivity index (χ4n) is 2.56. The number of nitrogens with zero attached hydrogens (tertiary/aromatic N) is 2. The summed E-state index contributed by atoms with van der Waals surface area (Å²) >= 11 is 0. The van der Waals surface area contributed by atoms with Gasteiger partial charge in [-0.05, 0) is 30.2 Å². The highest BCUT2D eigenvalue weighted by Crippen LogP contribution is 2.25. The summed E-state index contributed by atoms with van der Waals surface area (Å²) in [5, 5.41) is 11.0. The number of benzene rings is 1. The molecule has 0 saturated heterocycles. The number of nitrogens with one attached hydrogen (secondary N) is 2. The molecule has 0 spiro atoms. The molecule has 0 atom stereocenters. The average Bonchev–Trinajstić information content (AvgIpc) is 2.64. The van der Waals surface area contributed by atoms with Gasteiger partial charge in [-0.3, -0.25) is 10.4 Å². The second kappa shape index (κ2) is 7.33. The van der Waals surface area contributed by atoms with Crippen molar-refractivity contribution in [3.8, 4) is 11.1 Å². The number of aromatic nitrogens is 2. The average molecular weight is 365 g/mol. The maximum Gasteiger partial charge on any atom is 0.168 e. The molecular formula is C20H17F2N5. The van der Waals surface area contributed by atoms with E-state index in [0.29, 0.717) is 17.3 Å². The first kappa shape index (κ1) is 18.2. The molecule has 0 aliphatic carbocycles. The van der Waals surface area contributed by atoms with E-state index in [1.807, 2.05) is 25.1 Å². The van der Waals surface area contributed by atoms with E-state index < -0.39 is 11.6 Å². The highest BCUT2D eigenvalue weighted by atomic mass is 19.1. The number of nitrogens with two attached hydrogens (primary N) is 1. The van der Waals surface area contributed by atoms with Crippen molar-refractivity contribution in [2.24, 2.45) is 0 Å². The zero-order valence-electron chi connectivity index (χ0n) is 14.6. The molecule has 7 heteroatoms. The minimum absolute atomic E-state index is 0.0664. The van der Waals surface area contributed by atoms with Crippen LogP contribution in [0.25, 0.3) is 11.1 Å². The summed E-state index contributed by atoms with van der Waals surface area (Å²) in [4.78, 5) is 7.73. The van der Waals surface area contributed by atoms with Gasteiger partial charge in [0.25, 0.3) is 0 Å². The summed E-state index contributed by atoms with van der Waals surface area (Å²) in [6, 6.07) is 8.09. The molecule has 0 unspecified atom stereocenters. The standard InChI is InChI=1S/C20H17F2N5/c1-11-3-4-13(14-5-16(23)10-25-8-14)6-17(11)19(24)12(2)27-20-18(22)7-15(21)9-26-20/h3-10,24H,2,23H2,1H3,(H,26,27). The van der Waals surface area contributed by atoms with Gasteiger partial charge in [0.1, 0.15) is 5.82 Å². The lowest BCUT2D eigenvalue weighted by Gasteiger charge is -2.14. The van der Waals surface area contributed by atoms with Crippen LogP contribution in [0.2, 0.25) is 0 Å². The van der Waals surface area contributed by atoms with Crippen LogP contribution in [0.1, 0.15) is 11.1 Å². The maximum absolute atomic E-state index is 13.8. The second-order valence-corrected chi connectivity index (χ2v) is 6.00. The van der Waals surface area contributed by atoms with E-state index in [0.717, 1.165) is 22.9 Å². The van der Waals surface area contributed by atoms with Crippen molar-refractivity contribution in [1.82, 2.24) is 9.97 Å². The fourth-order valence-corrected chi connectivity index (χ4v) is 2.56. The van der Waals surface area contributed by atoms with E-state index in [4.69, 9.17) is 11.1 Å². The number of hydrogen-bond acceptors (Lipinski definition) is 5. The van der Waals surface area contributed by atoms with Crippen LogP contribution in [-0.4, -0.2) is 15.7 Å². The summed E-state index contributed by atoms with van der Waals surface area (Å²) in [7, 11) is 0. The van der Waals surface area contributed by atoms with Crippen LogP contribution in [0.5, 0.6) is 0 Å². The number of halogens is 2. The molecule has 1 aromatic carbocycles. The molecule has 27 heavy (non-hydrogen) atoms. The Balaban J connectivity index is 1.89. The van der Waals surface area contributed by atoms with E-state index >= 15 is 0 Å². The largest absolute Gasteiger partial charge is 0.397 e. The van der Waals surface area contributed by atoms with E-state index in [2.05, 4.69) is 21.9 Å². The lowest BCUT2D eigenvalue weighted by molar-refractivity contribution is 0.576. The normalized spacial score (nSPS) is 10.5. The Morgan fingerprint density at radius 3 is 2.59 bits per heavy atom. The molecular weight excluding hydrogens is 348 g/mol. The van der Waals surface area contributed by atoms with Crippen LogP contribution < -0.4 is 11.1 Å². The summed E-state index contributed by atoms with van der Waals surface area (Å²) in [6.07, 6.45) is 4.12. The third kappa shape index (κ3) is 3.98. The number of allylic oxidation sites excluding steroid dienone is 1. The first-order valence-corrected chi connectivity index (χ1v) is 8.03. The molecule has 136 valence electrons. The Kier molecular flexibility index (Phi) is 4.94. The first-order valence-electron chi connectivity index (χ1n) is 8.03. The Bertz CT molecular complexity index is 1050. The number of aryl methyl sites for hydroxylation is 1. The smallest absolute Gasteiger partial charge is 0.168 e. The quantitative estimate of drug-likeness (QED) is 0.588. The van der Waals surface area contributed by atoms with Gasteiger partial charge in [0.15, 0.2) is 11.6 Å². The molecule has 3 aromatic rings. The monoisotopic (exact) mass is 365 g/mol. The topological polar surface area (TPSA) is 87.7 Å². The molecule has 0 aliphatic heterocycles. The van der Waals surface area contributed by atoms with Crippen LogP contribution in [0.3, 0.4) is 0 Å². The molecule has 3 rings (SSSR count). The summed E-state index contributed by atoms with van der Waals surface area (Å²) in [5.74, 6) is -1.83. The van der Waals surface area contributed by atoms with E-state index in [1.165, 1.54) is 0 Å². The predicted molar refractivity (Wildman–Crippen MR) is 103 cm³/mol. The molecule has 2 heterocycles. The van der Waals surface area contributed by atoms with E-state index in [9.17, 15) is 8.78 Å². The number of pyridine rings is 2. The number of rotatable bonds is 5. The minimum atomic E-state index is -0.861. The maximum atomic E-state index is 13.8. The predicted octanol–water partition coefficient (Wildman–Crippen LogP) is 4.31. The van der Waals surface area contributed by atoms with Gasteiger partial charge in [-0.25, -0.2) is 13.8 Å². The van der Waals surface area contributed by atoms with Gasteiger partial charge in [-0.1, -0.05) is 18.7 Å². The highest BCUT2D eigenvalue weighted by Gasteiger charge is 2.14. The van der Waals surface area contributed by atoms with Crippen molar-refractivity contribution in [2.75, 3.05) is 11.1 Å². The van der Waals surface area contributed by atoms with Gasteiger partial charge in [0.05, 0.1) is 23.3 Å². The summed E-state index contributed by atoms with van der Waals surface area (Å²) in [5.41, 5.74) is 9.62. The SMILES string of the molecule is C=C(Nc1ncc(F)cc1F)C(=N)c1cc(-c2cncc(N)c2)ccc1C. The minimum Gasteiger partial charge on any atom is -0.397 e. The Labute approximate surface area is 155 Å². The Hall–Kier alpha value is -3.61. The number of anilines is 2. The lowest BCUT2D eigenvalue weighted by Crippen LogP contribution is -2.14. The van der Waals surface area contributed by atoms with Gasteiger partial charge in [-0.2, -0.15) is 0 Å². The molecule has 5 nitrogen and oxygen atoms in total. The van der Waals surface area contributed by atoms with E-state index in [1.54, 1.807) is 18.5 Å². The third-order valence-corrected chi connectivity index (χ3v) is 3.98. The Morgan fingerprint density at radius 1 is 1.11 bits per heavy atom. The van der Waals surface area contributed by atoms with Gasteiger partial charge in [-0.15, -0.1) is 0 Å². The molecule has 0 radical (unpaired) electrons. The zero-order chi connectivity index (χ0) is 19.6.